The average molecular weight is 436 g/mol. The molecule has 6 nitrogen and oxygen atoms in total. The number of benzene rings is 2. The number of nitrogens with zero attached hydrogens (tertiary/aromatic N) is 2. The van der Waals surface area contributed by atoms with Gasteiger partial charge in [0.2, 0.25) is 0 Å². The highest BCUT2D eigenvalue weighted by Gasteiger charge is 2.28. The highest BCUT2D eigenvalue weighted by Crippen LogP contribution is 2.37. The zero-order valence-corrected chi connectivity index (χ0v) is 19.8. The van der Waals surface area contributed by atoms with Gasteiger partial charge in [0, 0.05) is 31.1 Å². The number of pyridine rings is 1. The Bertz CT molecular complexity index is 1170. The van der Waals surface area contributed by atoms with Crippen LogP contribution in [0.5, 0.6) is 0 Å². The molecule has 0 aliphatic rings. The third kappa shape index (κ3) is 4.86. The van der Waals surface area contributed by atoms with Crippen molar-refractivity contribution in [3.8, 4) is 11.1 Å². The molecule has 6 heteroatoms. The number of amides is 1. The van der Waals surface area contributed by atoms with E-state index in [4.69, 9.17) is 10.5 Å². The summed E-state index contributed by atoms with van der Waals surface area (Å²) in [5.74, 6) is 0.716. The third-order valence-electron chi connectivity index (χ3n) is 5.14. The number of fused-ring (bicyclic) bond motifs is 1. The van der Waals surface area contributed by atoms with Gasteiger partial charge < -0.3 is 10.5 Å². The molecule has 1 aromatic heterocycles. The lowest BCUT2D eigenvalue weighted by atomic mass is 9.96. The molecule has 2 aromatic carbocycles. The molecular weight excluding hydrogens is 402 g/mol. The lowest BCUT2D eigenvalue weighted by Gasteiger charge is -2.29. The van der Waals surface area contributed by atoms with E-state index < -0.39 is 11.7 Å². The minimum Gasteiger partial charge on any atom is -0.443 e. The molecule has 0 spiro atoms. The summed E-state index contributed by atoms with van der Waals surface area (Å²) in [5, 5.41) is 1.37. The standard InChI is InChI=1S/C26H33N3O3/c1-17(2)16-29-23(28(6)25(31)32-26(3,4)5)22(19-10-8-7-9-11-19)21-14-18(15-27)12-13-20(21)24(29)30/h7-14,17H,15-16,27H2,1-6H3. The van der Waals surface area contributed by atoms with E-state index in [1.165, 1.54) is 4.90 Å². The second-order valence-electron chi connectivity index (χ2n) is 9.50. The van der Waals surface area contributed by atoms with E-state index in [0.29, 0.717) is 24.3 Å². The Kier molecular flexibility index (Phi) is 6.74. The van der Waals surface area contributed by atoms with Crippen LogP contribution in [0.2, 0.25) is 0 Å². The van der Waals surface area contributed by atoms with Gasteiger partial charge in [-0.2, -0.15) is 0 Å². The van der Waals surface area contributed by atoms with Gasteiger partial charge in [-0.1, -0.05) is 50.2 Å². The number of aromatic nitrogens is 1. The van der Waals surface area contributed by atoms with Crippen LogP contribution in [-0.4, -0.2) is 23.3 Å². The van der Waals surface area contributed by atoms with Crippen molar-refractivity contribution in [1.82, 2.24) is 4.57 Å². The second kappa shape index (κ2) is 9.17. The quantitative estimate of drug-likeness (QED) is 0.601. The molecule has 0 bridgehead atoms. The molecule has 0 aliphatic carbocycles. The fourth-order valence-electron chi connectivity index (χ4n) is 3.80. The average Bonchev–Trinajstić information content (AvgIpc) is 2.73. The Labute approximate surface area is 189 Å². The van der Waals surface area contributed by atoms with E-state index in [9.17, 15) is 9.59 Å². The van der Waals surface area contributed by atoms with Gasteiger partial charge in [-0.25, -0.2) is 4.79 Å². The highest BCUT2D eigenvalue weighted by atomic mass is 16.6. The summed E-state index contributed by atoms with van der Waals surface area (Å²) in [5.41, 5.74) is 7.75. The van der Waals surface area contributed by atoms with Gasteiger partial charge in [-0.3, -0.25) is 14.3 Å². The Morgan fingerprint density at radius 3 is 2.31 bits per heavy atom. The first-order valence-corrected chi connectivity index (χ1v) is 10.9. The van der Waals surface area contributed by atoms with E-state index in [2.05, 4.69) is 0 Å². The maximum Gasteiger partial charge on any atom is 0.415 e. The van der Waals surface area contributed by atoms with Gasteiger partial charge >= 0.3 is 6.09 Å². The van der Waals surface area contributed by atoms with Gasteiger partial charge in [0.1, 0.15) is 11.4 Å². The molecule has 3 aromatic rings. The molecule has 0 radical (unpaired) electrons. The molecular formula is C26H33N3O3. The number of nitrogens with two attached hydrogens (primary N) is 1. The van der Waals surface area contributed by atoms with Crippen molar-refractivity contribution < 1.29 is 9.53 Å². The lowest BCUT2D eigenvalue weighted by molar-refractivity contribution is 0.0587. The van der Waals surface area contributed by atoms with Crippen LogP contribution in [0.3, 0.4) is 0 Å². The second-order valence-corrected chi connectivity index (χ2v) is 9.50. The van der Waals surface area contributed by atoms with Crippen LogP contribution < -0.4 is 16.2 Å². The molecule has 0 atom stereocenters. The van der Waals surface area contributed by atoms with Crippen LogP contribution in [0.25, 0.3) is 21.9 Å². The van der Waals surface area contributed by atoms with Crippen molar-refractivity contribution in [2.24, 2.45) is 11.7 Å². The van der Waals surface area contributed by atoms with Gasteiger partial charge in [-0.15, -0.1) is 0 Å². The first-order chi connectivity index (χ1) is 15.0. The van der Waals surface area contributed by atoms with Crippen LogP contribution in [-0.2, 0) is 17.8 Å². The maximum atomic E-state index is 13.6. The Hall–Kier alpha value is -3.12. The van der Waals surface area contributed by atoms with E-state index >= 15 is 0 Å². The van der Waals surface area contributed by atoms with Crippen molar-refractivity contribution in [3.05, 3.63) is 64.4 Å². The fourth-order valence-corrected chi connectivity index (χ4v) is 3.80. The van der Waals surface area contributed by atoms with Crippen molar-refractivity contribution >= 4 is 22.7 Å². The van der Waals surface area contributed by atoms with E-state index in [1.54, 1.807) is 11.6 Å². The van der Waals surface area contributed by atoms with Crippen molar-refractivity contribution in [3.63, 3.8) is 0 Å². The van der Waals surface area contributed by atoms with Crippen LogP contribution in [0.4, 0.5) is 10.6 Å². The molecule has 0 fully saturated rings. The molecule has 0 saturated heterocycles. The highest BCUT2D eigenvalue weighted by molar-refractivity contribution is 6.05. The predicted octanol–water partition coefficient (Wildman–Crippen LogP) is 5.15. The summed E-state index contributed by atoms with van der Waals surface area (Å²) in [6.07, 6.45) is -0.513. The number of anilines is 1. The first kappa shape index (κ1) is 23.5. The molecule has 0 saturated carbocycles. The number of rotatable bonds is 5. The number of carbonyl (C=O) groups is 1. The minimum absolute atomic E-state index is 0.137. The molecule has 170 valence electrons. The first-order valence-electron chi connectivity index (χ1n) is 10.9. The topological polar surface area (TPSA) is 77.6 Å². The monoisotopic (exact) mass is 435 g/mol. The van der Waals surface area contributed by atoms with E-state index in [0.717, 1.165) is 22.1 Å². The Morgan fingerprint density at radius 1 is 1.09 bits per heavy atom. The molecule has 2 N–H and O–H groups in total. The molecule has 1 heterocycles. The lowest BCUT2D eigenvalue weighted by Crippen LogP contribution is -2.38. The Balaban J connectivity index is 2.45. The van der Waals surface area contributed by atoms with Crippen molar-refractivity contribution in [2.45, 2.75) is 53.3 Å². The fraction of sp³-hybridized carbons (Fsp3) is 0.385. The summed E-state index contributed by atoms with van der Waals surface area (Å²) in [7, 11) is 1.66. The van der Waals surface area contributed by atoms with E-state index in [1.807, 2.05) is 83.1 Å². The molecule has 1 amide bonds. The largest absolute Gasteiger partial charge is 0.443 e. The van der Waals surface area contributed by atoms with Crippen LogP contribution in [0, 0.1) is 5.92 Å². The van der Waals surface area contributed by atoms with Crippen LogP contribution in [0.1, 0.15) is 40.2 Å². The van der Waals surface area contributed by atoms with Crippen LogP contribution in [0.15, 0.2) is 53.3 Å². The minimum atomic E-state index is -0.662. The third-order valence-corrected chi connectivity index (χ3v) is 5.14. The van der Waals surface area contributed by atoms with Gasteiger partial charge in [0.25, 0.3) is 5.56 Å². The maximum absolute atomic E-state index is 13.6. The molecule has 3 rings (SSSR count). The van der Waals surface area contributed by atoms with Gasteiger partial charge in [0.05, 0.1) is 0 Å². The summed E-state index contributed by atoms with van der Waals surface area (Å²) in [4.78, 5) is 28.2. The summed E-state index contributed by atoms with van der Waals surface area (Å²) < 4.78 is 7.35. The van der Waals surface area contributed by atoms with Gasteiger partial charge in [-0.05, 0) is 55.3 Å². The van der Waals surface area contributed by atoms with Crippen LogP contribution >= 0.6 is 0 Å². The molecule has 0 aliphatic heterocycles. The molecule has 32 heavy (non-hydrogen) atoms. The molecule has 0 unspecified atom stereocenters. The van der Waals surface area contributed by atoms with Crippen molar-refractivity contribution in [2.75, 3.05) is 11.9 Å². The summed E-state index contributed by atoms with van der Waals surface area (Å²) in [6, 6.07) is 15.5. The normalized spacial score (nSPS) is 11.8. The zero-order valence-electron chi connectivity index (χ0n) is 19.8. The zero-order chi connectivity index (χ0) is 23.6. The summed E-state index contributed by atoms with van der Waals surface area (Å²) >= 11 is 0. The van der Waals surface area contributed by atoms with E-state index in [-0.39, 0.29) is 11.5 Å². The summed E-state index contributed by atoms with van der Waals surface area (Å²) in [6.45, 7) is 10.4. The SMILES string of the molecule is CC(C)Cn1c(N(C)C(=O)OC(C)(C)C)c(-c2ccccc2)c2cc(CN)ccc2c1=O. The number of hydrogen-bond donors (Lipinski definition) is 1. The number of ether oxygens (including phenoxy) is 1. The number of carbonyl (C=O) groups excluding carboxylic acids is 1. The smallest absolute Gasteiger partial charge is 0.415 e. The Morgan fingerprint density at radius 2 is 1.75 bits per heavy atom. The number of hydrogen-bond acceptors (Lipinski definition) is 4. The predicted molar refractivity (Wildman–Crippen MR) is 131 cm³/mol. The van der Waals surface area contributed by atoms with Crippen molar-refractivity contribution in [1.29, 1.82) is 0 Å². The van der Waals surface area contributed by atoms with Gasteiger partial charge in [0.15, 0.2) is 0 Å².